The molecule has 0 aliphatic rings. The van der Waals surface area contributed by atoms with Crippen molar-refractivity contribution in [2.75, 3.05) is 7.05 Å². The molecule has 116 valence electrons. The largest absolute Gasteiger partial charge is 0.361 e. The summed E-state index contributed by atoms with van der Waals surface area (Å²) in [4.78, 5) is 14.1. The second-order valence-electron chi connectivity index (χ2n) is 5.53. The van der Waals surface area contributed by atoms with E-state index in [0.717, 1.165) is 22.6 Å². The molecule has 1 heterocycles. The topological polar surface area (TPSA) is 46.3 Å². The first-order valence-electron chi connectivity index (χ1n) is 7.46. The third kappa shape index (κ3) is 3.48. The average molecular weight is 306 g/mol. The normalized spacial score (nSPS) is 10.5. The molecule has 0 unspecified atom stereocenters. The summed E-state index contributed by atoms with van der Waals surface area (Å²) in [5, 5.41) is 3.92. The van der Waals surface area contributed by atoms with Gasteiger partial charge in [0.1, 0.15) is 11.5 Å². The number of carbonyl (C=O) groups is 1. The monoisotopic (exact) mass is 306 g/mol. The van der Waals surface area contributed by atoms with Crippen LogP contribution in [0.15, 0.2) is 65.2 Å². The van der Waals surface area contributed by atoms with Crippen LogP contribution in [0.5, 0.6) is 0 Å². The summed E-state index contributed by atoms with van der Waals surface area (Å²) in [6.07, 6.45) is 0. The molecule has 1 amide bonds. The smallest absolute Gasteiger partial charge is 0.253 e. The van der Waals surface area contributed by atoms with Crippen LogP contribution in [0.3, 0.4) is 0 Å². The fourth-order valence-electron chi connectivity index (χ4n) is 2.46. The third-order valence-corrected chi connectivity index (χ3v) is 3.66. The van der Waals surface area contributed by atoms with Gasteiger partial charge in [0.25, 0.3) is 5.91 Å². The Balaban J connectivity index is 1.72. The lowest BCUT2D eigenvalue weighted by atomic mass is 10.0. The molecule has 0 fully saturated rings. The number of rotatable bonds is 4. The van der Waals surface area contributed by atoms with Crippen LogP contribution < -0.4 is 0 Å². The van der Waals surface area contributed by atoms with E-state index in [0.29, 0.717) is 12.1 Å². The van der Waals surface area contributed by atoms with Gasteiger partial charge in [-0.15, -0.1) is 0 Å². The number of carbonyl (C=O) groups excluding carboxylic acids is 1. The summed E-state index contributed by atoms with van der Waals surface area (Å²) in [6.45, 7) is 2.26. The Hall–Kier alpha value is -2.88. The van der Waals surface area contributed by atoms with Crippen LogP contribution in [-0.4, -0.2) is 23.0 Å². The van der Waals surface area contributed by atoms with E-state index < -0.39 is 0 Å². The van der Waals surface area contributed by atoms with E-state index in [2.05, 4.69) is 17.3 Å². The predicted molar refractivity (Wildman–Crippen MR) is 88.9 cm³/mol. The van der Waals surface area contributed by atoms with Crippen LogP contribution >= 0.6 is 0 Å². The quantitative estimate of drug-likeness (QED) is 0.734. The van der Waals surface area contributed by atoms with E-state index in [4.69, 9.17) is 4.52 Å². The van der Waals surface area contributed by atoms with Crippen LogP contribution in [0.2, 0.25) is 0 Å². The number of amides is 1. The van der Waals surface area contributed by atoms with Gasteiger partial charge in [-0.3, -0.25) is 4.79 Å². The van der Waals surface area contributed by atoms with Crippen LogP contribution in [0.25, 0.3) is 11.1 Å². The summed E-state index contributed by atoms with van der Waals surface area (Å²) in [7, 11) is 1.76. The predicted octanol–water partition coefficient (Wildman–Crippen LogP) is 3.92. The molecule has 4 nitrogen and oxygen atoms in total. The van der Waals surface area contributed by atoms with E-state index in [-0.39, 0.29) is 5.91 Å². The molecular formula is C19H18N2O2. The average Bonchev–Trinajstić information content (AvgIpc) is 3.00. The molecule has 3 aromatic rings. The van der Waals surface area contributed by atoms with Gasteiger partial charge in [-0.05, 0) is 30.2 Å². The highest BCUT2D eigenvalue weighted by molar-refractivity contribution is 5.94. The second kappa shape index (κ2) is 6.48. The Morgan fingerprint density at radius 2 is 1.70 bits per heavy atom. The van der Waals surface area contributed by atoms with Gasteiger partial charge in [0, 0.05) is 18.7 Å². The maximum atomic E-state index is 12.5. The van der Waals surface area contributed by atoms with E-state index in [1.165, 1.54) is 0 Å². The van der Waals surface area contributed by atoms with Crippen molar-refractivity contribution in [3.05, 3.63) is 77.7 Å². The molecule has 4 heteroatoms. The van der Waals surface area contributed by atoms with Crippen molar-refractivity contribution in [2.45, 2.75) is 13.5 Å². The summed E-state index contributed by atoms with van der Waals surface area (Å²) < 4.78 is 5.03. The van der Waals surface area contributed by atoms with Gasteiger partial charge < -0.3 is 9.42 Å². The summed E-state index contributed by atoms with van der Waals surface area (Å²) in [5.41, 5.74) is 3.64. The Bertz CT molecular complexity index is 792. The van der Waals surface area contributed by atoms with Crippen molar-refractivity contribution in [3.8, 4) is 11.1 Å². The molecule has 0 bridgehead atoms. The Morgan fingerprint density at radius 1 is 1.04 bits per heavy atom. The minimum Gasteiger partial charge on any atom is -0.361 e. The highest BCUT2D eigenvalue weighted by atomic mass is 16.5. The Morgan fingerprint density at radius 3 is 2.30 bits per heavy atom. The molecule has 2 aromatic carbocycles. The number of hydrogen-bond acceptors (Lipinski definition) is 3. The van der Waals surface area contributed by atoms with Gasteiger partial charge in [0.2, 0.25) is 0 Å². The van der Waals surface area contributed by atoms with Gasteiger partial charge in [0.15, 0.2) is 0 Å². The van der Waals surface area contributed by atoms with E-state index in [1.54, 1.807) is 11.9 Å². The summed E-state index contributed by atoms with van der Waals surface area (Å²) in [6, 6.07) is 19.6. The van der Waals surface area contributed by atoms with Crippen molar-refractivity contribution in [1.29, 1.82) is 0 Å². The first kappa shape index (κ1) is 15.0. The molecule has 0 atom stereocenters. The minimum absolute atomic E-state index is 0.0368. The minimum atomic E-state index is -0.0368. The standard InChI is InChI=1S/C19H18N2O2/c1-14-12-18(20-23-14)13-21(2)19(22)17-10-8-16(9-11-17)15-6-4-3-5-7-15/h3-12H,13H2,1-2H3. The molecule has 0 N–H and O–H groups in total. The zero-order valence-corrected chi connectivity index (χ0v) is 13.2. The lowest BCUT2D eigenvalue weighted by Gasteiger charge is -2.15. The zero-order valence-electron chi connectivity index (χ0n) is 13.2. The molecule has 0 spiro atoms. The van der Waals surface area contributed by atoms with Crippen molar-refractivity contribution < 1.29 is 9.32 Å². The summed E-state index contributed by atoms with van der Waals surface area (Å²) >= 11 is 0. The fourth-order valence-corrected chi connectivity index (χ4v) is 2.46. The molecule has 0 saturated carbocycles. The fraction of sp³-hybridized carbons (Fsp3) is 0.158. The first-order chi connectivity index (χ1) is 11.1. The molecule has 0 aliphatic carbocycles. The maximum absolute atomic E-state index is 12.5. The Kier molecular flexibility index (Phi) is 4.24. The molecule has 23 heavy (non-hydrogen) atoms. The number of nitrogens with zero attached hydrogens (tertiary/aromatic N) is 2. The number of benzene rings is 2. The number of aromatic nitrogens is 1. The molecular weight excluding hydrogens is 288 g/mol. The van der Waals surface area contributed by atoms with Crippen LogP contribution in [0, 0.1) is 6.92 Å². The lowest BCUT2D eigenvalue weighted by Crippen LogP contribution is -2.26. The van der Waals surface area contributed by atoms with Gasteiger partial charge in [-0.1, -0.05) is 47.6 Å². The molecule has 0 aliphatic heterocycles. The van der Waals surface area contributed by atoms with E-state index >= 15 is 0 Å². The van der Waals surface area contributed by atoms with Crippen molar-refractivity contribution in [2.24, 2.45) is 0 Å². The van der Waals surface area contributed by atoms with Crippen molar-refractivity contribution in [1.82, 2.24) is 10.1 Å². The van der Waals surface area contributed by atoms with Crippen LogP contribution in [-0.2, 0) is 6.54 Å². The highest BCUT2D eigenvalue weighted by Gasteiger charge is 2.14. The SMILES string of the molecule is Cc1cc(CN(C)C(=O)c2ccc(-c3ccccc3)cc2)no1. The van der Waals surface area contributed by atoms with Crippen LogP contribution in [0.4, 0.5) is 0 Å². The first-order valence-corrected chi connectivity index (χ1v) is 7.46. The van der Waals surface area contributed by atoms with Gasteiger partial charge >= 0.3 is 0 Å². The van der Waals surface area contributed by atoms with E-state index in [1.807, 2.05) is 55.5 Å². The molecule has 0 radical (unpaired) electrons. The zero-order chi connectivity index (χ0) is 16.2. The van der Waals surface area contributed by atoms with E-state index in [9.17, 15) is 4.79 Å². The van der Waals surface area contributed by atoms with Gasteiger partial charge in [-0.25, -0.2) is 0 Å². The van der Waals surface area contributed by atoms with Gasteiger partial charge in [-0.2, -0.15) is 0 Å². The van der Waals surface area contributed by atoms with Crippen molar-refractivity contribution >= 4 is 5.91 Å². The van der Waals surface area contributed by atoms with Crippen molar-refractivity contribution in [3.63, 3.8) is 0 Å². The third-order valence-electron chi connectivity index (χ3n) is 3.66. The Labute approximate surface area is 135 Å². The highest BCUT2D eigenvalue weighted by Crippen LogP contribution is 2.20. The molecule has 3 rings (SSSR count). The maximum Gasteiger partial charge on any atom is 0.253 e. The second-order valence-corrected chi connectivity index (χ2v) is 5.53. The number of aryl methyl sites for hydroxylation is 1. The van der Waals surface area contributed by atoms with Crippen LogP contribution in [0.1, 0.15) is 21.8 Å². The lowest BCUT2D eigenvalue weighted by molar-refractivity contribution is 0.0782. The summed E-state index contributed by atoms with van der Waals surface area (Å²) in [5.74, 6) is 0.707. The van der Waals surface area contributed by atoms with Gasteiger partial charge in [0.05, 0.1) is 6.54 Å². The molecule has 1 aromatic heterocycles. The number of hydrogen-bond donors (Lipinski definition) is 0. The molecule has 0 saturated heterocycles.